The summed E-state index contributed by atoms with van der Waals surface area (Å²) in [4.78, 5) is 95.1. The van der Waals surface area contributed by atoms with Gasteiger partial charge < -0.3 is 51.8 Å². The Labute approximate surface area is 292 Å². The average Bonchev–Trinajstić information content (AvgIpc) is 2.98. The number of hydrogen-bond acceptors (Lipinski definition) is 13. The van der Waals surface area contributed by atoms with Crippen molar-refractivity contribution in [2.45, 2.75) is 91.4 Å². The number of esters is 5. The van der Waals surface area contributed by atoms with Crippen molar-refractivity contribution in [2.24, 2.45) is 5.41 Å². The summed E-state index contributed by atoms with van der Waals surface area (Å²) in [6.45, 7) is 11.5. The maximum absolute atomic E-state index is 12.4. The molecule has 0 aromatic rings. The Morgan fingerprint density at radius 2 is 0.913 bits per heavy atom. The maximum atomic E-state index is 12.4. The summed E-state index contributed by atoms with van der Waals surface area (Å²) in [5.74, 6) is -4.90. The summed E-state index contributed by atoms with van der Waals surface area (Å²) < 4.78 is 22.4. The first-order chi connectivity index (χ1) is 20.4. The Morgan fingerprint density at radius 1 is 0.630 bits per heavy atom. The molecule has 2 fully saturated rings. The number of amides is 2. The molecular weight excluding hydrogens is 644 g/mol. The molecule has 0 aliphatic carbocycles. The van der Waals surface area contributed by atoms with Crippen molar-refractivity contribution in [3.63, 3.8) is 0 Å². The zero-order chi connectivity index (χ0) is 34.5. The number of methoxy groups -OCH3 is 5. The van der Waals surface area contributed by atoms with Crippen LogP contribution in [0.2, 0.25) is 0 Å². The van der Waals surface area contributed by atoms with Gasteiger partial charge in [0, 0.05) is 18.3 Å². The molecular formula is C29H45ClMgN2O13. The molecule has 0 bridgehead atoms. The van der Waals surface area contributed by atoms with Gasteiger partial charge in [0.1, 0.15) is 24.2 Å². The molecule has 0 unspecified atom stereocenters. The minimum absolute atomic E-state index is 0. The molecule has 2 aliphatic heterocycles. The molecule has 0 radical (unpaired) electrons. The van der Waals surface area contributed by atoms with Crippen LogP contribution in [0.1, 0.15) is 67.2 Å². The number of ether oxygens (including phenoxy) is 5. The van der Waals surface area contributed by atoms with E-state index in [0.29, 0.717) is 6.42 Å². The molecule has 0 aromatic heterocycles. The van der Waals surface area contributed by atoms with Crippen LogP contribution in [0.25, 0.3) is 0 Å². The zero-order valence-electron chi connectivity index (χ0n) is 28.4. The van der Waals surface area contributed by atoms with E-state index < -0.39 is 77.0 Å². The van der Waals surface area contributed by atoms with Gasteiger partial charge in [-0.1, -0.05) is 27.7 Å². The number of hydrogen-bond donors (Lipinski definition) is 0. The largest absolute Gasteiger partial charge is 2.00 e. The fourth-order valence-electron chi connectivity index (χ4n) is 3.75. The van der Waals surface area contributed by atoms with Gasteiger partial charge in [-0.05, 0) is 6.42 Å². The summed E-state index contributed by atoms with van der Waals surface area (Å²) in [5, 5.41) is 0. The Hall–Kier alpha value is -2.98. The van der Waals surface area contributed by atoms with E-state index in [4.69, 9.17) is 0 Å². The molecule has 0 aromatic carbocycles. The van der Waals surface area contributed by atoms with Crippen LogP contribution in [0.5, 0.6) is 0 Å². The molecule has 258 valence electrons. The normalized spacial score (nSPS) is 19.2. The van der Waals surface area contributed by atoms with E-state index in [9.17, 15) is 38.4 Å². The molecule has 0 N–H and O–H groups in total. The molecule has 0 saturated carbocycles. The second-order valence-electron chi connectivity index (χ2n) is 10.7. The summed E-state index contributed by atoms with van der Waals surface area (Å²) in [6.07, 6.45) is 1.85. The zero-order valence-corrected chi connectivity index (χ0v) is 30.6. The molecule has 2 rings (SSSR count). The van der Waals surface area contributed by atoms with E-state index in [1.165, 1.54) is 26.6 Å². The third-order valence-electron chi connectivity index (χ3n) is 7.36. The van der Waals surface area contributed by atoms with Crippen LogP contribution in [0.4, 0.5) is 0 Å². The summed E-state index contributed by atoms with van der Waals surface area (Å²) in [6, 6.07) is -3.76. The van der Waals surface area contributed by atoms with E-state index in [1.807, 2.05) is 0 Å². The first kappa shape index (κ1) is 47.4. The molecule has 0 spiro atoms. The van der Waals surface area contributed by atoms with Crippen LogP contribution < -0.4 is 12.4 Å². The molecule has 2 heterocycles. The number of carbonyl (C=O) groups is 8. The van der Waals surface area contributed by atoms with Crippen LogP contribution >= 0.6 is 0 Å². The predicted molar refractivity (Wildman–Crippen MR) is 158 cm³/mol. The predicted octanol–water partition coefficient (Wildman–Crippen LogP) is -2.58. The van der Waals surface area contributed by atoms with Crippen molar-refractivity contribution in [3.05, 3.63) is 5.92 Å². The van der Waals surface area contributed by atoms with Crippen molar-refractivity contribution in [1.82, 2.24) is 9.80 Å². The molecule has 4 atom stereocenters. The van der Waals surface area contributed by atoms with E-state index in [-0.39, 0.29) is 48.3 Å². The van der Waals surface area contributed by atoms with E-state index in [2.05, 4.69) is 44.5 Å². The number of likely N-dealkylation sites (tertiary alicyclic amines) is 2. The van der Waals surface area contributed by atoms with E-state index in [1.54, 1.807) is 20.8 Å². The molecule has 17 heteroatoms. The second-order valence-corrected chi connectivity index (χ2v) is 10.7. The molecule has 2 amide bonds. The monoisotopic (exact) mass is 688 g/mol. The van der Waals surface area contributed by atoms with Gasteiger partial charge in [0.15, 0.2) is 0 Å². The molecule has 2 saturated heterocycles. The second kappa shape index (κ2) is 21.7. The van der Waals surface area contributed by atoms with Crippen LogP contribution in [-0.2, 0) is 62.0 Å². The van der Waals surface area contributed by atoms with Crippen LogP contribution in [0, 0.1) is 11.3 Å². The van der Waals surface area contributed by atoms with Gasteiger partial charge in [-0.15, -0.1) is 0 Å². The number of carbonyl (C=O) groups excluding carboxylic acids is 8. The molecule has 46 heavy (non-hydrogen) atoms. The van der Waals surface area contributed by atoms with Gasteiger partial charge in [-0.25, -0.2) is 24.0 Å². The smallest absolute Gasteiger partial charge is 1.00 e. The number of nitrogens with zero attached hydrogens (tertiary/aromatic N) is 2. The third kappa shape index (κ3) is 12.0. The quantitative estimate of drug-likeness (QED) is 0.0851. The first-order valence-corrected chi connectivity index (χ1v) is 13.8. The van der Waals surface area contributed by atoms with Gasteiger partial charge in [0.05, 0.1) is 35.5 Å². The fraction of sp³-hybridized carbons (Fsp3) is 0.690. The number of ketones is 1. The Morgan fingerprint density at radius 3 is 1.13 bits per heavy atom. The number of rotatable bonds is 8. The van der Waals surface area contributed by atoms with Gasteiger partial charge in [-0.3, -0.25) is 14.4 Å². The summed E-state index contributed by atoms with van der Waals surface area (Å²) in [7, 11) is 5.70. The van der Waals surface area contributed by atoms with Crippen LogP contribution in [0.3, 0.4) is 0 Å². The maximum Gasteiger partial charge on any atom is 2.00 e. The van der Waals surface area contributed by atoms with Gasteiger partial charge in [-0.2, -0.15) is 20.3 Å². The Kier molecular flexibility index (Phi) is 22.4. The average molecular weight is 689 g/mol. The van der Waals surface area contributed by atoms with Crippen molar-refractivity contribution >= 4 is 70.5 Å². The number of Topliss-reactive ketones (excluding diaryl/α,β-unsaturated/α-hetero) is 1. The third-order valence-corrected chi connectivity index (χ3v) is 7.36. The minimum Gasteiger partial charge on any atom is -1.00 e. The van der Waals surface area contributed by atoms with E-state index in [0.717, 1.165) is 31.1 Å². The minimum atomic E-state index is -1.16. The fourth-order valence-corrected chi connectivity index (χ4v) is 3.75. The van der Waals surface area contributed by atoms with Crippen molar-refractivity contribution in [2.75, 3.05) is 35.5 Å². The summed E-state index contributed by atoms with van der Waals surface area (Å²) in [5.41, 5.74) is -0.853. The van der Waals surface area contributed by atoms with Gasteiger partial charge in [0.25, 0.3) is 5.91 Å². The van der Waals surface area contributed by atoms with Crippen LogP contribution in [-0.4, -0.2) is 140 Å². The van der Waals surface area contributed by atoms with Crippen molar-refractivity contribution in [1.29, 1.82) is 0 Å². The van der Waals surface area contributed by atoms with Crippen LogP contribution in [0.15, 0.2) is 0 Å². The topological polar surface area (TPSA) is 189 Å². The Bertz CT molecular complexity index is 1060. The number of halogens is 1. The van der Waals surface area contributed by atoms with Gasteiger partial charge >= 0.3 is 58.8 Å². The Balaban J connectivity index is -0.000000680. The SMILES string of the molecule is CCC(C)(C)C(=O)C(=O)N1[C@@H](C(=O)OC)C[C@H]1C(=O)OC.CC[C-](C)C.COC(=O)C(=O)N1[C@@H](C(=O)OC)C[C@H]1C(=O)OC.[Cl-].[Mg+2]. The van der Waals surface area contributed by atoms with Crippen molar-refractivity contribution in [3.8, 4) is 0 Å². The summed E-state index contributed by atoms with van der Waals surface area (Å²) >= 11 is 0. The standard InChI is InChI=1S/C14H21NO6.C10H13NO7.C5H11.ClH.Mg/c1-6-14(2,3)10(16)11(17)15-8(12(18)20-4)7-9(15)13(19)21-5;1-16-8(13)5-4-6(9(14)17-2)11(5)7(12)10(15)18-3;1-4-5(2)3;;/h8-9H,6-7H2,1-5H3;5-6H,4H2,1-3H3;4H2,1-3H3;1H;/q;;-1;;+2/p-1/t8-,9+;5-,6+;;;. The van der Waals surface area contributed by atoms with Crippen molar-refractivity contribution < 1.29 is 74.4 Å². The first-order valence-electron chi connectivity index (χ1n) is 13.8. The van der Waals surface area contributed by atoms with E-state index >= 15 is 0 Å². The molecule has 2 aliphatic rings. The molecule has 15 nitrogen and oxygen atoms in total. The van der Waals surface area contributed by atoms with Gasteiger partial charge in [0.2, 0.25) is 5.78 Å².